The molecule has 10 unspecified atom stereocenters. The molecule has 0 aromatic heterocycles. The number of aliphatic hydroxyl groups is 5. The molecular weight excluding hydrogens is 1070 g/mol. The lowest BCUT2D eigenvalue weighted by atomic mass is 9.96. The van der Waals surface area contributed by atoms with Crippen LogP contribution < -0.4 is 0 Å². The number of fused-ring (bicyclic) bond motifs is 5. The largest absolute Gasteiger partial charge is 0.391 e. The Hall–Kier alpha value is -8.77. The third kappa shape index (κ3) is 14.8. The molecule has 15 heteroatoms. The summed E-state index contributed by atoms with van der Waals surface area (Å²) in [6.45, 7) is 10.9. The number of carbonyl (C=O) groups excluding carboxylic acids is 5. The fourth-order valence-electron chi connectivity index (χ4n) is 11.0. The first-order valence-electron chi connectivity index (χ1n) is 26.7. The van der Waals surface area contributed by atoms with E-state index < -0.39 is 53.2 Å². The molecule has 10 atom stereocenters. The lowest BCUT2D eigenvalue weighted by Crippen LogP contribution is -2.25. The molecule has 5 N–H and O–H groups in total. The van der Waals surface area contributed by atoms with Gasteiger partial charge in [0.05, 0.1) is 71.6 Å². The highest BCUT2D eigenvalue weighted by molar-refractivity contribution is 6.30. The fraction of sp³-hybridized carbons (Fsp3) is 0.324. The molecule has 0 aliphatic heterocycles. The van der Waals surface area contributed by atoms with Crippen LogP contribution >= 0.6 is 11.6 Å². The smallest absolute Gasteiger partial charge is 0.269 e. The number of nitro groups is 1. The van der Waals surface area contributed by atoms with Gasteiger partial charge in [-0.2, -0.15) is 0 Å². The number of carbonyl (C=O) groups is 5. The molecule has 0 saturated carbocycles. The van der Waals surface area contributed by atoms with Crippen molar-refractivity contribution in [2.75, 3.05) is 0 Å². The van der Waals surface area contributed by atoms with E-state index in [1.807, 2.05) is 50.2 Å². The summed E-state index contributed by atoms with van der Waals surface area (Å²) in [5.74, 6) is 9.45. The van der Waals surface area contributed by atoms with E-state index in [4.69, 9.17) is 50.3 Å². The zero-order valence-corrected chi connectivity index (χ0v) is 46.5. The van der Waals surface area contributed by atoms with Gasteiger partial charge in [0, 0.05) is 77.1 Å². The van der Waals surface area contributed by atoms with Crippen LogP contribution in [0.25, 0.3) is 4.85 Å². The molecule has 10 rings (SSSR count). The normalized spacial score (nSPS) is 19.8. The fourth-order valence-corrected chi connectivity index (χ4v) is 11.2. The van der Waals surface area contributed by atoms with Gasteiger partial charge in [0.15, 0.2) is 34.6 Å². The van der Waals surface area contributed by atoms with E-state index in [0.29, 0.717) is 65.1 Å². The standard InChI is InChI=1S/C14H11NO2.2C14H14O2.C13H11ClO2.C13H11NO4/c1-3-4-13(16)12-8-9-7-10(15-2)5-6-11(9)14(12)17;1-3-5-13(15)12-8-11-9(2)6-4-7-10(11)14(12)16;1-3-4-13(15)12-8-10-7-9(2)5-6-11(10)14(12)16;1-2-3-12(15)11-7-8-6-9(14)4-5-10(8)13(11)16;1-2-3-12(15)11-7-8-6-9(14(17)18)4-5-10(8)13(11)16/h1,5-7,12-13,16H,4,8H2;1,4,6-7,12-13,15H,5,8H2,2H3;1,5-7,12-13,15H,4,8H2,2H3;1,4-6,11-12,15H,3,7H2;1,4-6,11-12,15H,3,7H2. The number of nitrogens with zero attached hydrogens (tertiary/aromatic N) is 2. The number of halogens is 1. The van der Waals surface area contributed by atoms with Gasteiger partial charge in [-0.05, 0) is 104 Å². The second-order valence-corrected chi connectivity index (χ2v) is 21.3. The number of nitro benzene ring substituents is 1. The van der Waals surface area contributed by atoms with Gasteiger partial charge in [-0.25, -0.2) is 4.85 Å². The van der Waals surface area contributed by atoms with Crippen LogP contribution in [0.4, 0.5) is 11.4 Å². The Labute approximate surface area is 488 Å². The zero-order chi connectivity index (χ0) is 60.8. The minimum absolute atomic E-state index is 0.0257. The Bertz CT molecular complexity index is 3530. The van der Waals surface area contributed by atoms with Crippen LogP contribution in [-0.2, 0) is 32.1 Å². The number of aliphatic hydroxyl groups excluding tert-OH is 5. The minimum Gasteiger partial charge on any atom is -0.391 e. The lowest BCUT2D eigenvalue weighted by Gasteiger charge is -2.13. The van der Waals surface area contributed by atoms with Crippen LogP contribution in [0, 0.1) is 122 Å². The van der Waals surface area contributed by atoms with E-state index in [9.17, 15) is 59.6 Å². The summed E-state index contributed by atoms with van der Waals surface area (Å²) in [7, 11) is 0. The maximum absolute atomic E-state index is 12.0. The number of hydrogen-bond donors (Lipinski definition) is 5. The molecule has 0 radical (unpaired) electrons. The summed E-state index contributed by atoms with van der Waals surface area (Å²) in [6, 6.07) is 25.8. The minimum atomic E-state index is -0.894. The van der Waals surface area contributed by atoms with Crippen molar-refractivity contribution in [2.24, 2.45) is 29.6 Å². The van der Waals surface area contributed by atoms with Crippen molar-refractivity contribution in [2.45, 2.75) is 109 Å². The number of non-ortho nitro benzene ring substituents is 1. The van der Waals surface area contributed by atoms with Gasteiger partial charge in [0.2, 0.25) is 0 Å². The number of terminal acetylenes is 5. The predicted molar refractivity (Wildman–Crippen MR) is 315 cm³/mol. The molecule has 5 aliphatic carbocycles. The van der Waals surface area contributed by atoms with Crippen molar-refractivity contribution < 1.29 is 54.4 Å². The van der Waals surface area contributed by atoms with E-state index in [-0.39, 0.29) is 78.5 Å². The average molecular weight is 1130 g/mol. The lowest BCUT2D eigenvalue weighted by molar-refractivity contribution is -0.384. The zero-order valence-electron chi connectivity index (χ0n) is 45.8. The number of Topliss-reactive ketones (excluding diaryl/α,β-unsaturated/α-hetero) is 5. The first-order chi connectivity index (χ1) is 39.6. The van der Waals surface area contributed by atoms with E-state index in [1.54, 1.807) is 36.4 Å². The van der Waals surface area contributed by atoms with Gasteiger partial charge in [-0.15, -0.1) is 61.7 Å². The molecule has 0 spiro atoms. The summed E-state index contributed by atoms with van der Waals surface area (Å²) in [6.07, 6.45) is 25.3. The van der Waals surface area contributed by atoms with Crippen LogP contribution in [0.2, 0.25) is 5.02 Å². The first kappa shape index (κ1) is 63.4. The summed E-state index contributed by atoms with van der Waals surface area (Å²) in [5, 5.41) is 60.2. The number of rotatable bonds is 11. The number of aryl methyl sites for hydroxylation is 2. The van der Waals surface area contributed by atoms with Crippen molar-refractivity contribution in [3.8, 4) is 61.7 Å². The SMILES string of the molecule is C#CCC(O)C1Cc2c(C)cccc2C1=O.C#CCC(O)C1Cc2cc(C)ccc2C1=O.C#CCC(O)C1Cc2cc(Cl)ccc2C1=O.C#CCC(O)C1Cc2cc([N+](=O)[O-])ccc2C1=O.[C-]#[N+]c1ccc2c(c1)CC(C(O)CC#C)C2=O. The molecule has 0 bridgehead atoms. The summed E-state index contributed by atoms with van der Waals surface area (Å²) in [4.78, 5) is 73.5. The van der Waals surface area contributed by atoms with Gasteiger partial charge in [0.25, 0.3) is 5.69 Å². The third-order valence-electron chi connectivity index (χ3n) is 15.4. The van der Waals surface area contributed by atoms with Crippen molar-refractivity contribution >= 4 is 51.9 Å². The number of ketones is 5. The molecular formula is C68H61ClN2O12. The predicted octanol–water partition coefficient (Wildman–Crippen LogP) is 8.86. The molecule has 83 heavy (non-hydrogen) atoms. The maximum Gasteiger partial charge on any atom is 0.269 e. The highest BCUT2D eigenvalue weighted by atomic mass is 35.5. The van der Waals surface area contributed by atoms with Crippen LogP contribution in [0.5, 0.6) is 0 Å². The Kier molecular flexibility index (Phi) is 22.0. The highest BCUT2D eigenvalue weighted by Gasteiger charge is 2.39. The van der Waals surface area contributed by atoms with E-state index in [0.717, 1.165) is 44.5 Å². The molecule has 0 fully saturated rings. The van der Waals surface area contributed by atoms with Crippen molar-refractivity contribution in [3.63, 3.8) is 0 Å². The molecule has 14 nitrogen and oxygen atoms in total. The van der Waals surface area contributed by atoms with Gasteiger partial charge in [0.1, 0.15) is 0 Å². The first-order valence-corrected chi connectivity index (χ1v) is 27.0. The second-order valence-electron chi connectivity index (χ2n) is 20.9. The average Bonchev–Trinajstić information content (AvgIpc) is 4.35. The van der Waals surface area contributed by atoms with Crippen LogP contribution in [-0.4, -0.2) is 89.9 Å². The Morgan fingerprint density at radius 2 is 0.880 bits per heavy atom. The molecule has 0 amide bonds. The monoisotopic (exact) mass is 1130 g/mol. The Morgan fingerprint density at radius 3 is 1.29 bits per heavy atom. The van der Waals surface area contributed by atoms with Gasteiger partial charge >= 0.3 is 0 Å². The quantitative estimate of drug-likeness (QED) is 0.0361. The third-order valence-corrected chi connectivity index (χ3v) is 15.6. The van der Waals surface area contributed by atoms with Crippen LogP contribution in [0.15, 0.2) is 91.0 Å². The second kappa shape index (κ2) is 28.8. The van der Waals surface area contributed by atoms with Crippen molar-refractivity contribution in [3.05, 3.63) is 184 Å². The molecule has 422 valence electrons. The molecule has 5 aromatic rings. The summed E-state index contributed by atoms with van der Waals surface area (Å²) in [5.41, 5.74) is 10.4. The summed E-state index contributed by atoms with van der Waals surface area (Å²) >= 11 is 5.85. The van der Waals surface area contributed by atoms with Gasteiger partial charge in [-0.1, -0.05) is 71.8 Å². The molecule has 0 saturated heterocycles. The maximum atomic E-state index is 12.0. The molecule has 0 heterocycles. The van der Waals surface area contributed by atoms with Crippen molar-refractivity contribution in [1.29, 1.82) is 0 Å². The van der Waals surface area contributed by atoms with Crippen LogP contribution in [0.1, 0.15) is 123 Å². The van der Waals surface area contributed by atoms with Gasteiger partial charge < -0.3 is 25.5 Å². The number of benzene rings is 5. The van der Waals surface area contributed by atoms with Crippen molar-refractivity contribution in [1.82, 2.24) is 0 Å². The van der Waals surface area contributed by atoms with Crippen LogP contribution in [0.3, 0.4) is 0 Å². The van der Waals surface area contributed by atoms with E-state index >= 15 is 0 Å². The Morgan fingerprint density at radius 1 is 0.518 bits per heavy atom. The Balaban J connectivity index is 0.000000167. The molecule has 5 aliphatic rings. The van der Waals surface area contributed by atoms with E-state index in [2.05, 4.69) is 34.4 Å². The molecule has 5 aromatic carbocycles. The number of hydrogen-bond acceptors (Lipinski definition) is 12. The van der Waals surface area contributed by atoms with Gasteiger partial charge in [-0.3, -0.25) is 34.1 Å². The topological polar surface area (TPSA) is 234 Å². The highest BCUT2D eigenvalue weighted by Crippen LogP contribution is 2.36. The van der Waals surface area contributed by atoms with E-state index in [1.165, 1.54) is 18.2 Å². The summed E-state index contributed by atoms with van der Waals surface area (Å²) < 4.78 is 0.